The molecule has 4 aliphatic rings. The van der Waals surface area contributed by atoms with Crippen molar-refractivity contribution in [2.45, 2.75) is 75.7 Å². The first-order chi connectivity index (χ1) is 22.3. The Morgan fingerprint density at radius 1 is 1.30 bits per heavy atom. The lowest BCUT2D eigenvalue weighted by molar-refractivity contribution is -0.140. The number of carbonyl (C=O) groups excluding carboxylic acids is 1. The van der Waals surface area contributed by atoms with E-state index in [2.05, 4.69) is 22.5 Å². The molecule has 1 aromatic carbocycles. The summed E-state index contributed by atoms with van der Waals surface area (Å²) in [4.78, 5) is 27.3. The molecule has 47 heavy (non-hydrogen) atoms. The molecule has 0 bridgehead atoms. The van der Waals surface area contributed by atoms with Gasteiger partial charge >= 0.3 is 12.2 Å². The zero-order valence-corrected chi connectivity index (χ0v) is 26.0. The molecule has 4 atom stereocenters. The second-order valence-electron chi connectivity index (χ2n) is 12.7. The summed E-state index contributed by atoms with van der Waals surface area (Å²) >= 11 is 0. The van der Waals surface area contributed by atoms with E-state index in [9.17, 15) is 27.6 Å². The van der Waals surface area contributed by atoms with Crippen LogP contribution in [0.25, 0.3) is 0 Å². The van der Waals surface area contributed by atoms with Crippen molar-refractivity contribution in [3.05, 3.63) is 52.5 Å². The number of hydrogen-bond acceptors (Lipinski definition) is 9. The monoisotopic (exact) mass is 661 g/mol. The number of benzene rings is 1. The van der Waals surface area contributed by atoms with Crippen LogP contribution in [0.3, 0.4) is 0 Å². The Morgan fingerprint density at radius 2 is 2.09 bits per heavy atom. The van der Waals surface area contributed by atoms with Crippen LogP contribution in [0.2, 0.25) is 0 Å². The van der Waals surface area contributed by atoms with Crippen LogP contribution < -0.4 is 15.4 Å². The number of carbonyl (C=O) groups is 1. The number of aromatic nitrogens is 2. The number of aryl methyl sites for hydroxylation is 1. The van der Waals surface area contributed by atoms with Crippen LogP contribution in [0.15, 0.2) is 18.7 Å². The molecule has 2 N–H and O–H groups in total. The minimum absolute atomic E-state index is 0.0440. The quantitative estimate of drug-likeness (QED) is 0.261. The molecule has 4 aliphatic heterocycles. The van der Waals surface area contributed by atoms with Crippen LogP contribution in [-0.2, 0) is 28.7 Å². The van der Waals surface area contributed by atoms with Crippen molar-refractivity contribution >= 4 is 17.4 Å². The summed E-state index contributed by atoms with van der Waals surface area (Å²) in [5, 5.41) is 9.48. The topological polar surface area (TPSA) is 121 Å². The van der Waals surface area contributed by atoms with Gasteiger partial charge in [-0.3, -0.25) is 9.69 Å². The van der Waals surface area contributed by atoms with E-state index in [1.54, 1.807) is 4.90 Å². The number of piperazine rings is 1. The highest BCUT2D eigenvalue weighted by Crippen LogP contribution is 2.45. The molecular formula is C32H36F5N7O3. The molecule has 0 spiro atoms. The van der Waals surface area contributed by atoms with Gasteiger partial charge in [-0.25, -0.2) is 8.78 Å². The Morgan fingerprint density at radius 3 is 2.81 bits per heavy atom. The predicted molar refractivity (Wildman–Crippen MR) is 161 cm³/mol. The molecule has 0 saturated carbocycles. The molecule has 10 nitrogen and oxygen atoms in total. The lowest BCUT2D eigenvalue weighted by Crippen LogP contribution is -2.55. The van der Waals surface area contributed by atoms with Crippen molar-refractivity contribution < 1.29 is 36.2 Å². The smallest absolute Gasteiger partial charge is 0.417 e. The lowest BCUT2D eigenvalue weighted by Gasteiger charge is -2.42. The SMILES string of the molecule is C=CC(=O)N1CCN(c2nc(OCC34CCCN3CC(F)C4)nc3c2COC(c2c(F)c(N)cc(C)c2C(F)(F)F)C3)CC1CC#N. The molecule has 15 heteroatoms. The largest absolute Gasteiger partial charge is 0.461 e. The summed E-state index contributed by atoms with van der Waals surface area (Å²) in [7, 11) is 0. The van der Waals surface area contributed by atoms with E-state index in [0.29, 0.717) is 36.6 Å². The second kappa shape index (κ2) is 12.5. The highest BCUT2D eigenvalue weighted by molar-refractivity contribution is 5.87. The average Bonchev–Trinajstić information content (AvgIpc) is 3.55. The summed E-state index contributed by atoms with van der Waals surface area (Å²) in [6, 6.07) is 2.53. The summed E-state index contributed by atoms with van der Waals surface area (Å²) in [5.41, 5.74) is 3.57. The Bertz CT molecular complexity index is 1610. The van der Waals surface area contributed by atoms with Gasteiger partial charge in [0.1, 0.15) is 18.6 Å². The van der Waals surface area contributed by atoms with Crippen molar-refractivity contribution in [2.75, 3.05) is 50.0 Å². The van der Waals surface area contributed by atoms with Gasteiger partial charge in [0.05, 0.1) is 53.7 Å². The van der Waals surface area contributed by atoms with E-state index in [1.165, 1.54) is 13.0 Å². The summed E-state index contributed by atoms with van der Waals surface area (Å²) in [5.74, 6) is -1.13. The standard InChI is InChI=1S/C32H36F5N7O3/c1-3-25(45)44-10-9-42(15-20(44)5-7-38)29-21-16-46-24(26-27(32(35,36)37)18(2)11-22(39)28(26)34)12-23(21)40-30(41-29)47-17-31-6-4-8-43(31)14-19(33)13-31/h3,11,19-20,24H,1,4-6,8-10,12-17,39H2,2H3. The number of nitrogens with zero attached hydrogens (tertiary/aromatic N) is 6. The van der Waals surface area contributed by atoms with Gasteiger partial charge < -0.3 is 25.0 Å². The number of rotatable bonds is 7. The Hall–Kier alpha value is -4.03. The van der Waals surface area contributed by atoms with Gasteiger partial charge in [-0.2, -0.15) is 28.4 Å². The first kappa shape index (κ1) is 32.9. The van der Waals surface area contributed by atoms with Crippen molar-refractivity contribution in [3.63, 3.8) is 0 Å². The summed E-state index contributed by atoms with van der Waals surface area (Å²) in [6.45, 7) is 6.52. The van der Waals surface area contributed by atoms with Gasteiger partial charge in [-0.1, -0.05) is 6.58 Å². The zero-order chi connectivity index (χ0) is 33.7. The molecule has 0 aliphatic carbocycles. The van der Waals surface area contributed by atoms with Crippen LogP contribution in [0.4, 0.5) is 33.5 Å². The minimum atomic E-state index is -4.87. The number of nitrogen functional groups attached to an aromatic ring is 1. The van der Waals surface area contributed by atoms with Gasteiger partial charge in [0.15, 0.2) is 5.82 Å². The van der Waals surface area contributed by atoms with Crippen molar-refractivity contribution in [1.29, 1.82) is 5.26 Å². The second-order valence-corrected chi connectivity index (χ2v) is 12.7. The molecule has 252 valence electrons. The molecule has 4 unspecified atom stereocenters. The minimum Gasteiger partial charge on any atom is -0.461 e. The first-order valence-corrected chi connectivity index (χ1v) is 15.6. The number of nitrogens with two attached hydrogens (primary N) is 1. The van der Waals surface area contributed by atoms with Crippen molar-refractivity contribution in [3.8, 4) is 12.1 Å². The van der Waals surface area contributed by atoms with Crippen LogP contribution in [0, 0.1) is 24.1 Å². The van der Waals surface area contributed by atoms with Crippen LogP contribution in [-0.4, -0.2) is 82.8 Å². The van der Waals surface area contributed by atoms with E-state index < -0.39 is 52.7 Å². The fraction of sp³-hybridized carbons (Fsp3) is 0.562. The molecule has 2 aromatic rings. The fourth-order valence-electron chi connectivity index (χ4n) is 7.65. The summed E-state index contributed by atoms with van der Waals surface area (Å²) < 4.78 is 84.7. The first-order valence-electron chi connectivity index (χ1n) is 15.6. The predicted octanol–water partition coefficient (Wildman–Crippen LogP) is 4.41. The Labute approximate surface area is 268 Å². The lowest BCUT2D eigenvalue weighted by atomic mass is 9.91. The molecular weight excluding hydrogens is 625 g/mol. The van der Waals surface area contributed by atoms with E-state index in [4.69, 9.17) is 20.2 Å². The molecule has 5 heterocycles. The number of ether oxygens (including phenoxy) is 2. The molecule has 3 saturated heterocycles. The maximum Gasteiger partial charge on any atom is 0.417 e. The van der Waals surface area contributed by atoms with Crippen LogP contribution >= 0.6 is 0 Å². The van der Waals surface area contributed by atoms with E-state index in [0.717, 1.165) is 25.5 Å². The third-order valence-corrected chi connectivity index (χ3v) is 9.79. The van der Waals surface area contributed by atoms with E-state index >= 15 is 4.39 Å². The molecule has 1 amide bonds. The Kier molecular flexibility index (Phi) is 8.77. The number of fused-ring (bicyclic) bond motifs is 2. The molecule has 1 aromatic heterocycles. The van der Waals surface area contributed by atoms with Gasteiger partial charge in [-0.05, 0) is 44.0 Å². The zero-order valence-electron chi connectivity index (χ0n) is 26.0. The number of anilines is 2. The molecule has 0 radical (unpaired) electrons. The maximum atomic E-state index is 15.4. The Balaban J connectivity index is 1.38. The maximum absolute atomic E-state index is 15.4. The number of nitriles is 1. The van der Waals surface area contributed by atoms with E-state index in [1.807, 2.05) is 4.90 Å². The van der Waals surface area contributed by atoms with Gasteiger partial charge in [0, 0.05) is 50.1 Å². The third-order valence-electron chi connectivity index (χ3n) is 9.79. The van der Waals surface area contributed by atoms with E-state index in [-0.39, 0.29) is 56.6 Å². The normalized spacial score (nSPS) is 26.1. The fourth-order valence-corrected chi connectivity index (χ4v) is 7.65. The number of amides is 1. The highest BCUT2D eigenvalue weighted by atomic mass is 19.4. The number of halogens is 5. The van der Waals surface area contributed by atoms with Crippen LogP contribution in [0.1, 0.15) is 59.7 Å². The van der Waals surface area contributed by atoms with Crippen molar-refractivity contribution in [1.82, 2.24) is 19.8 Å². The summed E-state index contributed by atoms with van der Waals surface area (Å²) in [6.07, 6.45) is -4.27. The molecule has 6 rings (SSSR count). The van der Waals surface area contributed by atoms with Gasteiger partial charge in [0.25, 0.3) is 0 Å². The van der Waals surface area contributed by atoms with Gasteiger partial charge in [0.2, 0.25) is 5.91 Å². The van der Waals surface area contributed by atoms with Crippen LogP contribution in [0.5, 0.6) is 6.01 Å². The third kappa shape index (κ3) is 6.09. The number of hydrogen-bond donors (Lipinski definition) is 1. The van der Waals surface area contributed by atoms with Gasteiger partial charge in [-0.15, -0.1) is 0 Å². The number of alkyl halides is 4. The van der Waals surface area contributed by atoms with Crippen molar-refractivity contribution in [2.24, 2.45) is 0 Å². The highest BCUT2D eigenvalue weighted by Gasteiger charge is 2.49. The average molecular weight is 662 g/mol. The molecule has 3 fully saturated rings.